The molecule has 1 unspecified atom stereocenters. The molecule has 0 radical (unpaired) electrons. The molecule has 1 amide bonds. The lowest BCUT2D eigenvalue weighted by Gasteiger charge is -2.12. The number of benzene rings is 1. The van der Waals surface area contributed by atoms with Gasteiger partial charge in [0.1, 0.15) is 12.1 Å². The van der Waals surface area contributed by atoms with Crippen molar-refractivity contribution in [1.82, 2.24) is 20.2 Å². The normalized spacial score (nSPS) is 16.6. The van der Waals surface area contributed by atoms with Gasteiger partial charge >= 0.3 is 0 Å². The monoisotopic (exact) mass is 316 g/mol. The molecular formula is C14H16N6O3. The number of hydrogen-bond acceptors (Lipinski definition) is 7. The van der Waals surface area contributed by atoms with Gasteiger partial charge in [0, 0.05) is 24.2 Å². The van der Waals surface area contributed by atoms with Crippen molar-refractivity contribution in [3.8, 4) is 11.4 Å². The van der Waals surface area contributed by atoms with Crippen LogP contribution in [0.4, 0.5) is 5.69 Å². The lowest BCUT2D eigenvalue weighted by Crippen LogP contribution is -2.27. The first kappa shape index (κ1) is 14.9. The maximum atomic E-state index is 12.3. The molecule has 23 heavy (non-hydrogen) atoms. The van der Waals surface area contributed by atoms with E-state index in [-0.39, 0.29) is 5.91 Å². The lowest BCUT2D eigenvalue weighted by molar-refractivity contribution is -0.125. The van der Waals surface area contributed by atoms with Gasteiger partial charge in [-0.15, -0.1) is 5.10 Å². The molecule has 1 aromatic carbocycles. The van der Waals surface area contributed by atoms with Crippen LogP contribution in [0.1, 0.15) is 19.8 Å². The molecule has 0 spiro atoms. The fraction of sp³-hybridized carbons (Fsp3) is 0.357. The van der Waals surface area contributed by atoms with E-state index < -0.39 is 6.10 Å². The molecule has 1 aliphatic heterocycles. The SMILES string of the molecule is CCC1=NOC(C(=O)Nc2cc(OC)cc(-n3cnnn3)c2)C1. The summed E-state index contributed by atoms with van der Waals surface area (Å²) in [5.41, 5.74) is 2.11. The molecule has 3 rings (SSSR count). The van der Waals surface area contributed by atoms with Gasteiger partial charge in [0.25, 0.3) is 5.91 Å². The smallest absolute Gasteiger partial charge is 0.268 e. The van der Waals surface area contributed by atoms with E-state index in [0.29, 0.717) is 23.5 Å². The molecule has 1 N–H and O–H groups in total. The zero-order valence-corrected chi connectivity index (χ0v) is 12.8. The van der Waals surface area contributed by atoms with E-state index in [4.69, 9.17) is 9.57 Å². The Balaban J connectivity index is 1.77. The fourth-order valence-corrected chi connectivity index (χ4v) is 2.18. The van der Waals surface area contributed by atoms with Gasteiger partial charge in [-0.25, -0.2) is 4.68 Å². The van der Waals surface area contributed by atoms with Crippen LogP contribution in [0.5, 0.6) is 5.75 Å². The Morgan fingerprint density at radius 1 is 1.48 bits per heavy atom. The van der Waals surface area contributed by atoms with Gasteiger partial charge in [0.15, 0.2) is 0 Å². The van der Waals surface area contributed by atoms with Crippen molar-refractivity contribution in [2.75, 3.05) is 12.4 Å². The Morgan fingerprint density at radius 2 is 2.35 bits per heavy atom. The third-order valence-corrected chi connectivity index (χ3v) is 3.44. The third-order valence-electron chi connectivity index (χ3n) is 3.44. The summed E-state index contributed by atoms with van der Waals surface area (Å²) in [6, 6.07) is 5.21. The topological polar surface area (TPSA) is 104 Å². The quantitative estimate of drug-likeness (QED) is 0.888. The van der Waals surface area contributed by atoms with Gasteiger partial charge in [0.05, 0.1) is 18.5 Å². The third kappa shape index (κ3) is 3.28. The van der Waals surface area contributed by atoms with E-state index in [0.717, 1.165) is 12.1 Å². The van der Waals surface area contributed by atoms with Crippen molar-refractivity contribution >= 4 is 17.3 Å². The van der Waals surface area contributed by atoms with E-state index in [1.165, 1.54) is 11.0 Å². The highest BCUT2D eigenvalue weighted by atomic mass is 16.6. The Kier molecular flexibility index (Phi) is 4.18. The second kappa shape index (κ2) is 6.42. The number of ether oxygens (including phenoxy) is 1. The largest absolute Gasteiger partial charge is 0.497 e. The predicted molar refractivity (Wildman–Crippen MR) is 81.6 cm³/mol. The molecule has 0 fully saturated rings. The summed E-state index contributed by atoms with van der Waals surface area (Å²) in [6.07, 6.45) is 2.13. The van der Waals surface area contributed by atoms with Crippen LogP contribution in [0, 0.1) is 0 Å². The van der Waals surface area contributed by atoms with Crippen molar-refractivity contribution in [2.24, 2.45) is 5.16 Å². The van der Waals surface area contributed by atoms with Gasteiger partial charge in [0.2, 0.25) is 6.10 Å². The van der Waals surface area contributed by atoms with Crippen LogP contribution >= 0.6 is 0 Å². The molecule has 2 aromatic rings. The maximum Gasteiger partial charge on any atom is 0.268 e. The first-order valence-corrected chi connectivity index (χ1v) is 7.14. The molecule has 1 aliphatic rings. The number of nitrogens with one attached hydrogen (secondary N) is 1. The van der Waals surface area contributed by atoms with Crippen LogP contribution in [-0.2, 0) is 9.63 Å². The van der Waals surface area contributed by atoms with Crippen molar-refractivity contribution in [2.45, 2.75) is 25.9 Å². The van der Waals surface area contributed by atoms with E-state index in [9.17, 15) is 4.79 Å². The molecule has 9 nitrogen and oxygen atoms in total. The highest BCUT2D eigenvalue weighted by Gasteiger charge is 2.27. The highest BCUT2D eigenvalue weighted by Crippen LogP contribution is 2.24. The Bertz CT molecular complexity index is 728. The average Bonchev–Trinajstić information content (AvgIpc) is 3.25. The van der Waals surface area contributed by atoms with Crippen LogP contribution in [0.15, 0.2) is 29.7 Å². The number of hydrogen-bond donors (Lipinski definition) is 1. The Hall–Kier alpha value is -2.97. The molecule has 0 bridgehead atoms. The summed E-state index contributed by atoms with van der Waals surface area (Å²) >= 11 is 0. The van der Waals surface area contributed by atoms with Crippen LogP contribution in [0.3, 0.4) is 0 Å². The number of amides is 1. The number of anilines is 1. The highest BCUT2D eigenvalue weighted by molar-refractivity contribution is 5.99. The summed E-state index contributed by atoms with van der Waals surface area (Å²) in [7, 11) is 1.55. The van der Waals surface area contributed by atoms with E-state index in [1.54, 1.807) is 25.3 Å². The van der Waals surface area contributed by atoms with Crippen LogP contribution in [0.2, 0.25) is 0 Å². The maximum absolute atomic E-state index is 12.3. The molecule has 1 aromatic heterocycles. The number of nitrogens with zero attached hydrogens (tertiary/aromatic N) is 5. The van der Waals surface area contributed by atoms with E-state index in [2.05, 4.69) is 26.0 Å². The second-order valence-electron chi connectivity index (χ2n) is 4.97. The number of carbonyl (C=O) groups excluding carboxylic acids is 1. The summed E-state index contributed by atoms with van der Waals surface area (Å²) in [5.74, 6) is 0.319. The lowest BCUT2D eigenvalue weighted by atomic mass is 10.1. The number of aromatic nitrogens is 4. The van der Waals surface area contributed by atoms with Crippen LogP contribution in [0.25, 0.3) is 5.69 Å². The van der Waals surface area contributed by atoms with Crippen molar-refractivity contribution in [3.05, 3.63) is 24.5 Å². The molecule has 0 saturated heterocycles. The Labute approximate surface area is 132 Å². The van der Waals surface area contributed by atoms with Crippen molar-refractivity contribution in [3.63, 3.8) is 0 Å². The van der Waals surface area contributed by atoms with Gasteiger partial charge in [-0.05, 0) is 22.9 Å². The number of carbonyl (C=O) groups is 1. The zero-order valence-electron chi connectivity index (χ0n) is 12.8. The van der Waals surface area contributed by atoms with E-state index in [1.807, 2.05) is 6.92 Å². The summed E-state index contributed by atoms with van der Waals surface area (Å²) in [6.45, 7) is 1.98. The van der Waals surface area contributed by atoms with Crippen LogP contribution < -0.4 is 10.1 Å². The summed E-state index contributed by atoms with van der Waals surface area (Å²) in [4.78, 5) is 17.4. The molecule has 0 aliphatic carbocycles. The van der Waals surface area contributed by atoms with Crippen molar-refractivity contribution < 1.29 is 14.4 Å². The molecule has 1 atom stereocenters. The Morgan fingerprint density at radius 3 is 3.00 bits per heavy atom. The predicted octanol–water partition coefficient (Wildman–Crippen LogP) is 1.16. The van der Waals surface area contributed by atoms with Crippen LogP contribution in [-0.4, -0.2) is 45.0 Å². The van der Waals surface area contributed by atoms with Crippen molar-refractivity contribution in [1.29, 1.82) is 0 Å². The summed E-state index contributed by atoms with van der Waals surface area (Å²) in [5, 5.41) is 17.7. The average molecular weight is 316 g/mol. The minimum Gasteiger partial charge on any atom is -0.497 e. The first-order valence-electron chi connectivity index (χ1n) is 7.14. The van der Waals surface area contributed by atoms with Gasteiger partial charge in [-0.3, -0.25) is 4.79 Å². The second-order valence-corrected chi connectivity index (χ2v) is 4.97. The fourth-order valence-electron chi connectivity index (χ4n) is 2.18. The molecule has 9 heteroatoms. The zero-order chi connectivity index (χ0) is 16.2. The van der Waals surface area contributed by atoms with Gasteiger partial charge < -0.3 is 14.9 Å². The molecule has 2 heterocycles. The number of rotatable bonds is 5. The standard InChI is InChI=1S/C14H16N6O3/c1-3-9-6-13(23-17-9)14(21)16-10-4-11(7-12(5-10)22-2)20-8-15-18-19-20/h4-5,7-8,13H,3,6H2,1-2H3,(H,16,21). The minimum atomic E-state index is -0.604. The first-order chi connectivity index (χ1) is 11.2. The summed E-state index contributed by atoms with van der Waals surface area (Å²) < 4.78 is 6.72. The molecule has 0 saturated carbocycles. The van der Waals surface area contributed by atoms with Gasteiger partial charge in [-0.1, -0.05) is 12.1 Å². The van der Waals surface area contributed by atoms with E-state index >= 15 is 0 Å². The number of tetrazole rings is 1. The molecule has 120 valence electrons. The minimum absolute atomic E-state index is 0.256. The van der Waals surface area contributed by atoms with Gasteiger partial charge in [-0.2, -0.15) is 0 Å². The number of oxime groups is 1. The number of methoxy groups -OCH3 is 1. The molecular weight excluding hydrogens is 300 g/mol.